The predicted molar refractivity (Wildman–Crippen MR) is 169 cm³/mol. The zero-order chi connectivity index (χ0) is 30.1. The summed E-state index contributed by atoms with van der Waals surface area (Å²) in [6.45, 7) is 3.45. The first-order chi connectivity index (χ1) is 21.0. The molecule has 220 valence electrons. The van der Waals surface area contributed by atoms with Crippen molar-refractivity contribution in [1.82, 2.24) is 9.80 Å². The summed E-state index contributed by atoms with van der Waals surface area (Å²) in [5.74, 6) is 1.64. The number of ether oxygens (including phenoxy) is 2. The van der Waals surface area contributed by atoms with Gasteiger partial charge in [0.25, 0.3) is 5.91 Å². The van der Waals surface area contributed by atoms with Gasteiger partial charge in [0, 0.05) is 37.2 Å². The Morgan fingerprint density at radius 3 is 2.09 bits per heavy atom. The number of rotatable bonds is 11. The van der Waals surface area contributed by atoms with Crippen LogP contribution in [-0.4, -0.2) is 49.6 Å². The van der Waals surface area contributed by atoms with Gasteiger partial charge < -0.3 is 14.4 Å². The highest BCUT2D eigenvalue weighted by Gasteiger charge is 2.39. The Morgan fingerprint density at radius 1 is 0.860 bits per heavy atom. The lowest BCUT2D eigenvalue weighted by atomic mass is 9.69. The maximum absolute atomic E-state index is 13.7. The number of hydrogen-bond acceptors (Lipinski definition) is 5. The number of nitrogens with zero attached hydrogens (tertiary/aromatic N) is 3. The molecule has 0 aliphatic carbocycles. The highest BCUT2D eigenvalue weighted by Crippen LogP contribution is 2.42. The standard InChI is InChI=1S/C37H39N3O3/c1-42-34-17-13-32(14-18-34)37(33-15-19-35(43-2)20-16-33)21-7-23-39(28-37)26-30-11-6-12-31(25-30)36(41)40(24-8-22-38)27-29-9-4-3-5-10-29/h3-6,9-20,25H,7-8,21,23-24,26-28H2,1-2H3. The molecule has 1 aliphatic heterocycles. The third kappa shape index (κ3) is 7.07. The van der Waals surface area contributed by atoms with Gasteiger partial charge in [-0.05, 0) is 78.0 Å². The molecule has 0 bridgehead atoms. The number of amides is 1. The van der Waals surface area contributed by atoms with Gasteiger partial charge in [0.1, 0.15) is 11.5 Å². The minimum Gasteiger partial charge on any atom is -0.497 e. The molecule has 0 radical (unpaired) electrons. The minimum atomic E-state index is -0.187. The van der Waals surface area contributed by atoms with Crippen molar-refractivity contribution in [2.75, 3.05) is 33.9 Å². The Morgan fingerprint density at radius 2 is 1.49 bits per heavy atom. The molecule has 1 heterocycles. The van der Waals surface area contributed by atoms with Crippen LogP contribution >= 0.6 is 0 Å². The highest BCUT2D eigenvalue weighted by molar-refractivity contribution is 5.94. The molecule has 6 nitrogen and oxygen atoms in total. The number of hydrogen-bond donors (Lipinski definition) is 0. The molecule has 0 unspecified atom stereocenters. The molecule has 1 fully saturated rings. The van der Waals surface area contributed by atoms with E-state index in [-0.39, 0.29) is 11.3 Å². The van der Waals surface area contributed by atoms with E-state index in [4.69, 9.17) is 9.47 Å². The summed E-state index contributed by atoms with van der Waals surface area (Å²) in [6, 6.07) is 37.0. The van der Waals surface area contributed by atoms with Crippen LogP contribution in [0.1, 0.15) is 51.9 Å². The van der Waals surface area contributed by atoms with E-state index in [0.29, 0.717) is 25.1 Å². The van der Waals surface area contributed by atoms with Crippen molar-refractivity contribution in [3.63, 3.8) is 0 Å². The number of nitriles is 1. The summed E-state index contributed by atoms with van der Waals surface area (Å²) >= 11 is 0. The molecule has 1 saturated heterocycles. The van der Waals surface area contributed by atoms with Crippen molar-refractivity contribution < 1.29 is 14.3 Å². The van der Waals surface area contributed by atoms with Gasteiger partial charge in [0.2, 0.25) is 0 Å². The summed E-state index contributed by atoms with van der Waals surface area (Å²) in [4.78, 5) is 17.9. The van der Waals surface area contributed by atoms with E-state index >= 15 is 0 Å². The van der Waals surface area contributed by atoms with Crippen LogP contribution in [0.3, 0.4) is 0 Å². The maximum Gasteiger partial charge on any atom is 0.254 e. The van der Waals surface area contributed by atoms with Gasteiger partial charge >= 0.3 is 0 Å². The van der Waals surface area contributed by atoms with Crippen molar-refractivity contribution in [3.05, 3.63) is 131 Å². The first kappa shape index (κ1) is 29.9. The Balaban J connectivity index is 1.39. The van der Waals surface area contributed by atoms with E-state index in [9.17, 15) is 10.1 Å². The average molecular weight is 574 g/mol. The summed E-state index contributed by atoms with van der Waals surface area (Å²) in [5.41, 5.74) is 5.15. The number of likely N-dealkylation sites (tertiary alicyclic amines) is 1. The van der Waals surface area contributed by atoms with Gasteiger partial charge in [0.15, 0.2) is 0 Å². The van der Waals surface area contributed by atoms with Crippen molar-refractivity contribution >= 4 is 5.91 Å². The van der Waals surface area contributed by atoms with Gasteiger partial charge in [-0.15, -0.1) is 0 Å². The van der Waals surface area contributed by atoms with Crippen molar-refractivity contribution in [3.8, 4) is 17.6 Å². The maximum atomic E-state index is 13.7. The molecule has 5 rings (SSSR count). The second-order valence-electron chi connectivity index (χ2n) is 11.2. The molecule has 0 aromatic heterocycles. The second kappa shape index (κ2) is 14.0. The molecular formula is C37H39N3O3. The van der Waals surface area contributed by atoms with E-state index in [1.54, 1.807) is 19.1 Å². The third-order valence-electron chi connectivity index (χ3n) is 8.43. The van der Waals surface area contributed by atoms with Crippen molar-refractivity contribution in [2.24, 2.45) is 0 Å². The van der Waals surface area contributed by atoms with Crippen LogP contribution < -0.4 is 9.47 Å². The van der Waals surface area contributed by atoms with E-state index in [2.05, 4.69) is 41.3 Å². The quantitative estimate of drug-likeness (QED) is 0.197. The smallest absolute Gasteiger partial charge is 0.254 e. The Kier molecular flexibility index (Phi) is 9.76. The zero-order valence-electron chi connectivity index (χ0n) is 25.0. The van der Waals surface area contributed by atoms with Gasteiger partial charge in [-0.25, -0.2) is 0 Å². The van der Waals surface area contributed by atoms with Crippen LogP contribution in [0.25, 0.3) is 0 Å². The molecule has 4 aromatic rings. The molecule has 0 saturated carbocycles. The SMILES string of the molecule is COc1ccc(C2(c3ccc(OC)cc3)CCCN(Cc3cccc(C(=O)N(CCC#N)Cc4ccccc4)c3)C2)cc1. The molecule has 1 aliphatic rings. The number of carbonyl (C=O) groups excluding carboxylic acids is 1. The first-order valence-electron chi connectivity index (χ1n) is 14.8. The molecule has 0 spiro atoms. The van der Waals surface area contributed by atoms with Gasteiger partial charge in [0.05, 0.1) is 26.7 Å². The van der Waals surface area contributed by atoms with Crippen LogP contribution in [0.5, 0.6) is 11.5 Å². The monoisotopic (exact) mass is 573 g/mol. The summed E-state index contributed by atoms with van der Waals surface area (Å²) in [6.07, 6.45) is 2.38. The second-order valence-corrected chi connectivity index (χ2v) is 11.2. The first-order valence-corrected chi connectivity index (χ1v) is 14.8. The average Bonchev–Trinajstić information content (AvgIpc) is 3.07. The van der Waals surface area contributed by atoms with Gasteiger partial charge in [-0.3, -0.25) is 9.69 Å². The van der Waals surface area contributed by atoms with Gasteiger partial charge in [-0.2, -0.15) is 5.26 Å². The molecule has 0 N–H and O–H groups in total. The summed E-state index contributed by atoms with van der Waals surface area (Å²) in [5, 5.41) is 9.21. The van der Waals surface area contributed by atoms with Crippen molar-refractivity contribution in [1.29, 1.82) is 5.26 Å². The summed E-state index contributed by atoms with van der Waals surface area (Å²) < 4.78 is 10.9. The molecule has 4 aromatic carbocycles. The number of methoxy groups -OCH3 is 2. The lowest BCUT2D eigenvalue weighted by molar-refractivity contribution is 0.0746. The lowest BCUT2D eigenvalue weighted by Crippen LogP contribution is -2.46. The van der Waals surface area contributed by atoms with Crippen LogP contribution in [0.15, 0.2) is 103 Å². The Hall–Kier alpha value is -4.60. The van der Waals surface area contributed by atoms with E-state index in [1.165, 1.54) is 11.1 Å². The fourth-order valence-electron chi connectivity index (χ4n) is 6.22. The summed E-state index contributed by atoms with van der Waals surface area (Å²) in [7, 11) is 3.39. The van der Waals surface area contributed by atoms with E-state index in [1.807, 2.05) is 72.8 Å². The minimum absolute atomic E-state index is 0.0505. The fourth-order valence-corrected chi connectivity index (χ4v) is 6.22. The highest BCUT2D eigenvalue weighted by atomic mass is 16.5. The zero-order valence-corrected chi connectivity index (χ0v) is 25.0. The van der Waals surface area contributed by atoms with Crippen LogP contribution in [0.2, 0.25) is 0 Å². The molecule has 1 amide bonds. The fraction of sp³-hybridized carbons (Fsp3) is 0.297. The largest absolute Gasteiger partial charge is 0.497 e. The molecule has 6 heteroatoms. The third-order valence-corrected chi connectivity index (χ3v) is 8.43. The van der Waals surface area contributed by atoms with E-state index in [0.717, 1.165) is 55.1 Å². The molecule has 0 atom stereocenters. The molecular weight excluding hydrogens is 534 g/mol. The number of piperidine rings is 1. The predicted octanol–water partition coefficient (Wildman–Crippen LogP) is 6.84. The Labute approximate surface area is 255 Å². The van der Waals surface area contributed by atoms with Crippen LogP contribution in [-0.2, 0) is 18.5 Å². The topological polar surface area (TPSA) is 65.8 Å². The number of benzene rings is 4. The Bertz CT molecular complexity index is 1480. The normalized spacial score (nSPS) is 14.4. The molecule has 43 heavy (non-hydrogen) atoms. The van der Waals surface area contributed by atoms with Gasteiger partial charge in [-0.1, -0.05) is 66.7 Å². The lowest BCUT2D eigenvalue weighted by Gasteiger charge is -2.44. The van der Waals surface area contributed by atoms with E-state index < -0.39 is 0 Å². The van der Waals surface area contributed by atoms with Crippen molar-refractivity contribution in [2.45, 2.75) is 37.8 Å². The number of carbonyl (C=O) groups is 1. The van der Waals surface area contributed by atoms with Crippen LogP contribution in [0, 0.1) is 11.3 Å². The van der Waals surface area contributed by atoms with Crippen LogP contribution in [0.4, 0.5) is 0 Å².